The lowest BCUT2D eigenvalue weighted by Gasteiger charge is -2.39. The molecule has 2 saturated heterocycles. The van der Waals surface area contributed by atoms with Crippen LogP contribution in [0.15, 0.2) is 53.5 Å². The van der Waals surface area contributed by atoms with E-state index in [2.05, 4.69) is 76.0 Å². The highest BCUT2D eigenvalue weighted by atomic mass is 127. The molecule has 0 radical (unpaired) electrons. The molecule has 2 unspecified atom stereocenters. The van der Waals surface area contributed by atoms with Crippen LogP contribution in [0.2, 0.25) is 0 Å². The average molecular weight is 549 g/mol. The van der Waals surface area contributed by atoms with Crippen molar-refractivity contribution in [2.45, 2.75) is 63.7 Å². The number of fused-ring (bicyclic) bond motifs is 2. The summed E-state index contributed by atoms with van der Waals surface area (Å²) in [6, 6.07) is 19.2. The van der Waals surface area contributed by atoms with Gasteiger partial charge in [-0.15, -0.1) is 24.0 Å². The van der Waals surface area contributed by atoms with E-state index in [1.807, 2.05) is 7.05 Å². The standard InChI is InChI=1S/C26H36N4O.HI/c1-19-9-10-20(15-25(19)31-3)13-14-28-26(27-2)29-22-16-23-11-12-24(17-22)30(23)18-21-7-5-4-6-8-21;/h4-10,15,22-24H,11-14,16-18H2,1-3H3,(H2,27,28,29);1H. The van der Waals surface area contributed by atoms with Crippen molar-refractivity contribution in [3.63, 3.8) is 0 Å². The molecular formula is C26H37IN4O. The lowest BCUT2D eigenvalue weighted by molar-refractivity contribution is 0.114. The minimum Gasteiger partial charge on any atom is -0.496 e. The minimum atomic E-state index is 0. The fourth-order valence-corrected chi connectivity index (χ4v) is 5.18. The molecule has 0 aliphatic carbocycles. The zero-order valence-electron chi connectivity index (χ0n) is 19.5. The Labute approximate surface area is 210 Å². The van der Waals surface area contributed by atoms with Crippen molar-refractivity contribution in [3.8, 4) is 5.75 Å². The van der Waals surface area contributed by atoms with E-state index in [1.165, 1.54) is 42.4 Å². The van der Waals surface area contributed by atoms with Gasteiger partial charge in [0.2, 0.25) is 0 Å². The molecule has 0 spiro atoms. The van der Waals surface area contributed by atoms with Crippen molar-refractivity contribution in [2.24, 2.45) is 4.99 Å². The quantitative estimate of drug-likeness (QED) is 0.304. The van der Waals surface area contributed by atoms with Crippen molar-refractivity contribution in [2.75, 3.05) is 20.7 Å². The first-order valence-electron chi connectivity index (χ1n) is 11.6. The summed E-state index contributed by atoms with van der Waals surface area (Å²) < 4.78 is 5.45. The van der Waals surface area contributed by atoms with Gasteiger partial charge < -0.3 is 15.4 Å². The van der Waals surface area contributed by atoms with E-state index in [0.29, 0.717) is 18.1 Å². The van der Waals surface area contributed by atoms with E-state index < -0.39 is 0 Å². The molecule has 2 aliphatic heterocycles. The second-order valence-corrected chi connectivity index (χ2v) is 8.91. The lowest BCUT2D eigenvalue weighted by atomic mass is 9.96. The smallest absolute Gasteiger partial charge is 0.191 e. The van der Waals surface area contributed by atoms with Crippen molar-refractivity contribution < 1.29 is 4.74 Å². The van der Waals surface area contributed by atoms with Gasteiger partial charge in [0, 0.05) is 38.3 Å². The average Bonchev–Trinajstić information content (AvgIpc) is 3.02. The van der Waals surface area contributed by atoms with Crippen LogP contribution in [0, 0.1) is 6.92 Å². The summed E-state index contributed by atoms with van der Waals surface area (Å²) in [5.74, 6) is 1.87. The Bertz CT molecular complexity index is 875. The molecule has 6 heteroatoms. The van der Waals surface area contributed by atoms with E-state index in [9.17, 15) is 0 Å². The van der Waals surface area contributed by atoms with Gasteiger partial charge in [-0.25, -0.2) is 0 Å². The maximum atomic E-state index is 5.45. The molecule has 0 saturated carbocycles. The minimum absolute atomic E-state index is 0. The molecule has 0 amide bonds. The molecular weight excluding hydrogens is 511 g/mol. The van der Waals surface area contributed by atoms with Crippen LogP contribution in [0.25, 0.3) is 0 Å². The molecule has 174 valence electrons. The Balaban J connectivity index is 0.00000289. The van der Waals surface area contributed by atoms with Gasteiger partial charge in [0.05, 0.1) is 7.11 Å². The maximum absolute atomic E-state index is 5.45. The molecule has 32 heavy (non-hydrogen) atoms. The van der Waals surface area contributed by atoms with E-state index in [1.54, 1.807) is 7.11 Å². The van der Waals surface area contributed by atoms with Gasteiger partial charge in [-0.3, -0.25) is 9.89 Å². The summed E-state index contributed by atoms with van der Waals surface area (Å²) in [6.45, 7) is 4.01. The summed E-state index contributed by atoms with van der Waals surface area (Å²) in [6.07, 6.45) is 5.96. The number of aliphatic imine (C=N–C) groups is 1. The van der Waals surface area contributed by atoms with Crippen molar-refractivity contribution in [3.05, 3.63) is 65.2 Å². The van der Waals surface area contributed by atoms with Gasteiger partial charge in [0.1, 0.15) is 5.75 Å². The predicted octanol–water partition coefficient (Wildman–Crippen LogP) is 4.52. The first kappa shape index (κ1) is 24.8. The number of aryl methyl sites for hydroxylation is 1. The molecule has 2 N–H and O–H groups in total. The van der Waals surface area contributed by atoms with Crippen LogP contribution in [-0.2, 0) is 13.0 Å². The van der Waals surface area contributed by atoms with Crippen LogP contribution in [0.5, 0.6) is 5.75 Å². The second-order valence-electron chi connectivity index (χ2n) is 8.91. The largest absolute Gasteiger partial charge is 0.496 e. The highest BCUT2D eigenvalue weighted by Crippen LogP contribution is 2.36. The number of methoxy groups -OCH3 is 1. The molecule has 2 atom stereocenters. The molecule has 2 aromatic carbocycles. The van der Waals surface area contributed by atoms with Gasteiger partial charge in [-0.2, -0.15) is 0 Å². The molecule has 5 nitrogen and oxygen atoms in total. The third-order valence-corrected chi connectivity index (χ3v) is 6.84. The number of rotatable bonds is 7. The Hall–Kier alpha value is -1.80. The number of guanidine groups is 1. The van der Waals surface area contributed by atoms with Gasteiger partial charge >= 0.3 is 0 Å². The number of nitrogens with zero attached hydrogens (tertiary/aromatic N) is 2. The van der Waals surface area contributed by atoms with Gasteiger partial charge in [0.25, 0.3) is 0 Å². The molecule has 2 bridgehead atoms. The molecule has 2 aromatic rings. The van der Waals surface area contributed by atoms with E-state index in [-0.39, 0.29) is 24.0 Å². The van der Waals surface area contributed by atoms with Crippen molar-refractivity contribution in [1.82, 2.24) is 15.5 Å². The van der Waals surface area contributed by atoms with Crippen LogP contribution in [0.4, 0.5) is 0 Å². The first-order chi connectivity index (χ1) is 15.2. The Morgan fingerprint density at radius 2 is 1.78 bits per heavy atom. The van der Waals surface area contributed by atoms with Crippen LogP contribution >= 0.6 is 24.0 Å². The number of piperidine rings is 1. The Morgan fingerprint density at radius 3 is 2.44 bits per heavy atom. The van der Waals surface area contributed by atoms with Gasteiger partial charge in [-0.05, 0) is 61.8 Å². The zero-order valence-corrected chi connectivity index (χ0v) is 21.8. The first-order valence-corrected chi connectivity index (χ1v) is 11.6. The predicted molar refractivity (Wildman–Crippen MR) is 143 cm³/mol. The third kappa shape index (κ3) is 6.16. The van der Waals surface area contributed by atoms with Crippen LogP contribution in [0.3, 0.4) is 0 Å². The number of hydrogen-bond acceptors (Lipinski definition) is 3. The molecule has 2 heterocycles. The fourth-order valence-electron chi connectivity index (χ4n) is 5.18. The zero-order chi connectivity index (χ0) is 21.6. The van der Waals surface area contributed by atoms with Crippen LogP contribution < -0.4 is 15.4 Å². The van der Waals surface area contributed by atoms with E-state index in [0.717, 1.165) is 31.2 Å². The molecule has 0 aromatic heterocycles. The van der Waals surface area contributed by atoms with Crippen LogP contribution in [-0.4, -0.2) is 49.7 Å². The maximum Gasteiger partial charge on any atom is 0.191 e. The molecule has 2 aliphatic rings. The molecule has 4 rings (SSSR count). The normalized spacial score (nSPS) is 22.8. The summed E-state index contributed by atoms with van der Waals surface area (Å²) in [4.78, 5) is 7.21. The number of benzene rings is 2. The number of hydrogen-bond donors (Lipinski definition) is 2. The van der Waals surface area contributed by atoms with Crippen molar-refractivity contribution >= 4 is 29.9 Å². The summed E-state index contributed by atoms with van der Waals surface area (Å²) in [7, 11) is 3.60. The van der Waals surface area contributed by atoms with Gasteiger partial charge in [0.15, 0.2) is 5.96 Å². The van der Waals surface area contributed by atoms with E-state index in [4.69, 9.17) is 4.74 Å². The Morgan fingerprint density at radius 1 is 1.06 bits per heavy atom. The highest BCUT2D eigenvalue weighted by Gasteiger charge is 2.40. The summed E-state index contributed by atoms with van der Waals surface area (Å²) in [5, 5.41) is 7.20. The summed E-state index contributed by atoms with van der Waals surface area (Å²) in [5.41, 5.74) is 3.87. The third-order valence-electron chi connectivity index (χ3n) is 6.84. The Kier molecular flexibility index (Phi) is 9.22. The fraction of sp³-hybridized carbons (Fsp3) is 0.500. The number of nitrogens with one attached hydrogen (secondary N) is 2. The second kappa shape index (κ2) is 11.9. The highest BCUT2D eigenvalue weighted by molar-refractivity contribution is 14.0. The number of halogens is 1. The van der Waals surface area contributed by atoms with Crippen LogP contribution in [0.1, 0.15) is 42.4 Å². The monoisotopic (exact) mass is 548 g/mol. The van der Waals surface area contributed by atoms with Crippen molar-refractivity contribution in [1.29, 1.82) is 0 Å². The van der Waals surface area contributed by atoms with E-state index >= 15 is 0 Å². The number of ether oxygens (including phenoxy) is 1. The topological polar surface area (TPSA) is 48.9 Å². The SMILES string of the molecule is CN=C(NCCc1ccc(C)c(OC)c1)NC1CC2CCC(C1)N2Cc1ccccc1.I. The lowest BCUT2D eigenvalue weighted by Crippen LogP contribution is -2.52. The van der Waals surface area contributed by atoms with Gasteiger partial charge in [-0.1, -0.05) is 42.5 Å². The molecule has 2 fully saturated rings. The summed E-state index contributed by atoms with van der Waals surface area (Å²) >= 11 is 0.